The third-order valence-electron chi connectivity index (χ3n) is 3.18. The monoisotopic (exact) mass is 332 g/mol. The minimum absolute atomic E-state index is 0.265. The van der Waals surface area contributed by atoms with Crippen molar-refractivity contribution in [2.24, 2.45) is 0 Å². The highest BCUT2D eigenvalue weighted by Gasteiger charge is 2.12. The molecule has 0 N–H and O–H groups in total. The van der Waals surface area contributed by atoms with Crippen molar-refractivity contribution in [3.05, 3.63) is 70.2 Å². The lowest BCUT2D eigenvalue weighted by molar-refractivity contribution is 0.590. The van der Waals surface area contributed by atoms with E-state index in [0.717, 1.165) is 4.47 Å². The summed E-state index contributed by atoms with van der Waals surface area (Å²) in [6, 6.07) is 19.0. The number of benzene rings is 2. The van der Waals surface area contributed by atoms with Crippen LogP contribution in [0.25, 0.3) is 0 Å². The zero-order valence-corrected chi connectivity index (χ0v) is 14.7. The molecule has 20 heavy (non-hydrogen) atoms. The summed E-state index contributed by atoms with van der Waals surface area (Å²) in [7, 11) is 0. The van der Waals surface area contributed by atoms with E-state index in [1.54, 1.807) is 0 Å². The van der Waals surface area contributed by atoms with Crippen LogP contribution in [0.2, 0.25) is 0 Å². The van der Waals surface area contributed by atoms with Gasteiger partial charge in [0.25, 0.3) is 0 Å². The summed E-state index contributed by atoms with van der Waals surface area (Å²) >= 11 is 3.41. The van der Waals surface area contributed by atoms with Gasteiger partial charge in [0.1, 0.15) is 0 Å². The fourth-order valence-corrected chi connectivity index (χ4v) is 2.05. The van der Waals surface area contributed by atoms with Crippen molar-refractivity contribution in [3.8, 4) is 0 Å². The molecule has 0 atom stereocenters. The van der Waals surface area contributed by atoms with E-state index in [-0.39, 0.29) is 5.41 Å². The van der Waals surface area contributed by atoms with Crippen molar-refractivity contribution in [1.29, 1.82) is 0 Å². The van der Waals surface area contributed by atoms with Crippen molar-refractivity contribution in [3.63, 3.8) is 0 Å². The van der Waals surface area contributed by atoms with Crippen molar-refractivity contribution < 1.29 is 0 Å². The van der Waals surface area contributed by atoms with E-state index < -0.39 is 0 Å². The van der Waals surface area contributed by atoms with Gasteiger partial charge in [-0.05, 0) is 34.6 Å². The first-order valence-corrected chi connectivity index (χ1v) is 7.91. The molecule has 0 fully saturated rings. The quantitative estimate of drug-likeness (QED) is 0.554. The van der Waals surface area contributed by atoms with Crippen LogP contribution >= 0.6 is 15.9 Å². The summed E-state index contributed by atoms with van der Waals surface area (Å²) in [6.07, 6.45) is 0. The highest BCUT2D eigenvalue weighted by Crippen LogP contribution is 2.23. The van der Waals surface area contributed by atoms with Crippen LogP contribution in [0.15, 0.2) is 59.1 Å². The van der Waals surface area contributed by atoms with Gasteiger partial charge in [-0.2, -0.15) is 0 Å². The first-order valence-electron chi connectivity index (χ1n) is 7.11. The van der Waals surface area contributed by atoms with E-state index in [0.29, 0.717) is 5.92 Å². The summed E-state index contributed by atoms with van der Waals surface area (Å²) in [4.78, 5) is 0. The summed E-state index contributed by atoms with van der Waals surface area (Å²) in [5, 5.41) is 0. The average Bonchev–Trinajstić information content (AvgIpc) is 2.40. The largest absolute Gasteiger partial charge is 0.0622 e. The highest BCUT2D eigenvalue weighted by atomic mass is 79.9. The molecular weight excluding hydrogens is 308 g/mol. The van der Waals surface area contributed by atoms with Crippen molar-refractivity contribution in [1.82, 2.24) is 0 Å². The second-order valence-corrected chi connectivity index (χ2v) is 7.24. The Bertz CT molecular complexity index is 490. The fraction of sp³-hybridized carbons (Fsp3) is 0.368. The van der Waals surface area contributed by atoms with Crippen molar-refractivity contribution >= 4 is 15.9 Å². The molecule has 0 spiro atoms. The molecule has 2 aromatic rings. The minimum atomic E-state index is 0.265. The third-order valence-corrected chi connectivity index (χ3v) is 3.71. The van der Waals surface area contributed by atoms with Gasteiger partial charge >= 0.3 is 0 Å². The molecule has 0 saturated heterocycles. The average molecular weight is 333 g/mol. The fourth-order valence-electron chi connectivity index (χ4n) is 1.79. The van der Waals surface area contributed by atoms with E-state index in [1.807, 2.05) is 6.07 Å². The van der Waals surface area contributed by atoms with Gasteiger partial charge in [0.15, 0.2) is 0 Å². The van der Waals surface area contributed by atoms with Gasteiger partial charge in [-0.3, -0.25) is 0 Å². The van der Waals surface area contributed by atoms with Crippen LogP contribution in [0, 0.1) is 0 Å². The van der Waals surface area contributed by atoms with Crippen LogP contribution < -0.4 is 0 Å². The smallest absolute Gasteiger partial charge is 0.0175 e. The molecule has 0 aliphatic rings. The van der Waals surface area contributed by atoms with Crippen LogP contribution in [-0.2, 0) is 5.41 Å². The van der Waals surface area contributed by atoms with E-state index in [9.17, 15) is 0 Å². The van der Waals surface area contributed by atoms with Gasteiger partial charge in [0, 0.05) is 4.47 Å². The first-order chi connectivity index (χ1) is 9.30. The molecule has 0 heterocycles. The molecular formula is C19H25Br. The normalized spacial score (nSPS) is 10.9. The van der Waals surface area contributed by atoms with E-state index >= 15 is 0 Å². The number of rotatable bonds is 1. The maximum absolute atomic E-state index is 3.41. The van der Waals surface area contributed by atoms with Gasteiger partial charge in [-0.25, -0.2) is 0 Å². The standard InChI is InChI=1S/C10H13Br.C9H12/c1-10(2,3)8-4-6-9(11)7-5-8;1-8(2)9-6-4-3-5-7-9/h4-7H,1-3H3;3-8H,1-2H3. The lowest BCUT2D eigenvalue weighted by Gasteiger charge is -2.18. The maximum Gasteiger partial charge on any atom is 0.0175 e. The summed E-state index contributed by atoms with van der Waals surface area (Å²) in [6.45, 7) is 11.1. The predicted octanol–water partition coefficient (Wildman–Crippen LogP) is 6.56. The first kappa shape index (κ1) is 17.0. The van der Waals surface area contributed by atoms with Crippen molar-refractivity contribution in [2.75, 3.05) is 0 Å². The predicted molar refractivity (Wildman–Crippen MR) is 93.4 cm³/mol. The van der Waals surface area contributed by atoms with Gasteiger partial charge < -0.3 is 0 Å². The van der Waals surface area contributed by atoms with Crippen LogP contribution in [0.3, 0.4) is 0 Å². The topological polar surface area (TPSA) is 0 Å². The van der Waals surface area contributed by atoms with Gasteiger partial charge in [0.2, 0.25) is 0 Å². The number of hydrogen-bond donors (Lipinski definition) is 0. The molecule has 2 aromatic carbocycles. The Morgan fingerprint density at radius 3 is 1.65 bits per heavy atom. The Balaban J connectivity index is 0.000000204. The molecule has 0 nitrogen and oxygen atoms in total. The van der Waals surface area contributed by atoms with Gasteiger partial charge in [-0.1, -0.05) is 93.0 Å². The third kappa shape index (κ3) is 5.92. The van der Waals surface area contributed by atoms with Gasteiger partial charge in [0.05, 0.1) is 0 Å². The lowest BCUT2D eigenvalue weighted by atomic mass is 9.87. The molecule has 0 aliphatic carbocycles. The van der Waals surface area contributed by atoms with E-state index in [2.05, 4.69) is 99.1 Å². The zero-order chi connectivity index (χ0) is 15.2. The van der Waals surface area contributed by atoms with Crippen LogP contribution in [-0.4, -0.2) is 0 Å². The Hall–Kier alpha value is -1.08. The van der Waals surface area contributed by atoms with E-state index in [4.69, 9.17) is 0 Å². The number of hydrogen-bond acceptors (Lipinski definition) is 0. The highest BCUT2D eigenvalue weighted by molar-refractivity contribution is 9.10. The Morgan fingerprint density at radius 2 is 1.30 bits per heavy atom. The molecule has 0 aromatic heterocycles. The van der Waals surface area contributed by atoms with Crippen LogP contribution in [0.1, 0.15) is 51.7 Å². The minimum Gasteiger partial charge on any atom is -0.0622 e. The summed E-state index contributed by atoms with van der Waals surface area (Å²) in [5.74, 6) is 0.659. The second-order valence-electron chi connectivity index (χ2n) is 6.32. The van der Waals surface area contributed by atoms with Crippen LogP contribution in [0.5, 0.6) is 0 Å². The van der Waals surface area contributed by atoms with E-state index in [1.165, 1.54) is 11.1 Å². The summed E-state index contributed by atoms with van der Waals surface area (Å²) in [5.41, 5.74) is 3.05. The Kier molecular flexibility index (Phi) is 6.48. The molecule has 0 unspecified atom stereocenters. The molecule has 0 radical (unpaired) electrons. The lowest BCUT2D eigenvalue weighted by Crippen LogP contribution is -2.10. The van der Waals surface area contributed by atoms with Crippen molar-refractivity contribution in [2.45, 2.75) is 46.0 Å². The molecule has 2 rings (SSSR count). The molecule has 0 bridgehead atoms. The Morgan fingerprint density at radius 1 is 0.800 bits per heavy atom. The molecule has 108 valence electrons. The maximum atomic E-state index is 3.41. The molecule has 1 heteroatoms. The zero-order valence-electron chi connectivity index (χ0n) is 13.2. The summed E-state index contributed by atoms with van der Waals surface area (Å²) < 4.78 is 1.14. The van der Waals surface area contributed by atoms with Gasteiger partial charge in [-0.15, -0.1) is 0 Å². The molecule has 0 amide bonds. The number of halogens is 1. The Labute approximate surface area is 132 Å². The molecule has 0 aliphatic heterocycles. The SMILES string of the molecule is CC(C)(C)c1ccc(Br)cc1.CC(C)c1ccccc1. The second kappa shape index (κ2) is 7.64. The van der Waals surface area contributed by atoms with Crippen LogP contribution in [0.4, 0.5) is 0 Å². The molecule has 0 saturated carbocycles.